The van der Waals surface area contributed by atoms with Gasteiger partial charge >= 0.3 is 5.16 Å². The summed E-state index contributed by atoms with van der Waals surface area (Å²) in [5, 5.41) is 0.629. The van der Waals surface area contributed by atoms with Gasteiger partial charge in [0, 0.05) is 72.6 Å². The highest BCUT2D eigenvalue weighted by Crippen LogP contribution is 2.34. The number of imidazole rings is 1. The van der Waals surface area contributed by atoms with Gasteiger partial charge < -0.3 is 15.2 Å². The molecule has 0 aromatic carbocycles. The molecule has 0 bridgehead atoms. The lowest BCUT2D eigenvalue weighted by Gasteiger charge is -2.40. The molecule has 10 heteroatoms. The van der Waals surface area contributed by atoms with Crippen LogP contribution in [-0.2, 0) is 17.7 Å². The van der Waals surface area contributed by atoms with Crippen molar-refractivity contribution >= 4 is 28.3 Å². The van der Waals surface area contributed by atoms with E-state index in [2.05, 4.69) is 40.9 Å². The van der Waals surface area contributed by atoms with Gasteiger partial charge in [0.25, 0.3) is 0 Å². The second kappa shape index (κ2) is 9.89. The summed E-state index contributed by atoms with van der Waals surface area (Å²) in [4.78, 5) is 22.3. The first-order valence-electron chi connectivity index (χ1n) is 11.9. The summed E-state index contributed by atoms with van der Waals surface area (Å²) < 4.78 is 14.5. The van der Waals surface area contributed by atoms with Crippen molar-refractivity contribution in [3.63, 3.8) is 0 Å². The Morgan fingerprint density at radius 2 is 1.82 bits per heavy atom. The average molecular weight is 481 g/mol. The number of anilines is 1. The maximum atomic E-state index is 12.4. The number of hydrogen-bond acceptors (Lipinski definition) is 8. The maximum Gasteiger partial charge on any atom is 0.325 e. The molecular weight excluding hydrogens is 448 g/mol. The molecule has 9 nitrogen and oxygen atoms in total. The third kappa shape index (κ3) is 4.75. The fourth-order valence-corrected chi connectivity index (χ4v) is 5.98. The summed E-state index contributed by atoms with van der Waals surface area (Å²) in [7, 11) is 0. The number of nitrogens with two attached hydrogens (primary N) is 1. The summed E-state index contributed by atoms with van der Waals surface area (Å²) >= 11 is -1.15. The summed E-state index contributed by atoms with van der Waals surface area (Å²) in [6.07, 6.45) is 11.3. The number of hydrogen-bond donors (Lipinski definition) is 1. The number of aromatic nitrogens is 5. The number of piperidine rings is 2. The normalized spacial score (nSPS) is 19.5. The summed E-state index contributed by atoms with van der Waals surface area (Å²) in [5.74, 6) is 0.837. The van der Waals surface area contributed by atoms with Crippen LogP contribution in [0.1, 0.15) is 37.3 Å². The molecule has 1 unspecified atom stereocenters. The van der Waals surface area contributed by atoms with Crippen molar-refractivity contribution in [2.75, 3.05) is 38.2 Å². The number of fused-ring (bicyclic) bond motifs is 1. The van der Waals surface area contributed by atoms with Gasteiger partial charge in [0.1, 0.15) is 11.8 Å². The zero-order valence-corrected chi connectivity index (χ0v) is 20.5. The van der Waals surface area contributed by atoms with Crippen LogP contribution in [-0.4, -0.2) is 71.3 Å². The number of nitrogen functional groups attached to an aromatic ring is 1. The molecule has 3 aromatic rings. The molecule has 0 amide bonds. The van der Waals surface area contributed by atoms with Crippen molar-refractivity contribution in [3.8, 4) is 0 Å². The van der Waals surface area contributed by atoms with E-state index in [1.165, 1.54) is 5.70 Å². The Bertz CT molecular complexity index is 1130. The number of allylic oxidation sites excluding steroid dienone is 1. The zero-order valence-electron chi connectivity index (χ0n) is 19.6. The molecule has 180 valence electrons. The molecule has 0 aliphatic carbocycles. The van der Waals surface area contributed by atoms with Gasteiger partial charge in [0.05, 0.1) is 0 Å². The lowest BCUT2D eigenvalue weighted by atomic mass is 9.91. The second-order valence-electron chi connectivity index (χ2n) is 9.27. The Hall–Kier alpha value is -2.69. The Labute approximate surface area is 203 Å². The third-order valence-corrected chi connectivity index (χ3v) is 7.90. The quantitative estimate of drug-likeness (QED) is 0.536. The SMILES string of the molecule is C=C(C1CCN(Cc2cnc(N)nc2)CC1)N1CCC(n2c([S+](C)[O-])nc3cccnc32)CC1. The van der Waals surface area contributed by atoms with Gasteiger partial charge in [-0.05, 0) is 50.9 Å². The lowest BCUT2D eigenvalue weighted by molar-refractivity contribution is 0.153. The van der Waals surface area contributed by atoms with Crippen molar-refractivity contribution in [1.29, 1.82) is 0 Å². The van der Waals surface area contributed by atoms with E-state index in [1.807, 2.05) is 24.5 Å². The van der Waals surface area contributed by atoms with Gasteiger partial charge in [-0.2, -0.15) is 4.98 Å². The number of likely N-dealkylation sites (tertiary alicyclic amines) is 2. The number of nitrogens with zero attached hydrogens (tertiary/aromatic N) is 7. The minimum atomic E-state index is -1.15. The first-order valence-corrected chi connectivity index (χ1v) is 13.4. The van der Waals surface area contributed by atoms with Crippen molar-refractivity contribution in [2.24, 2.45) is 5.92 Å². The molecule has 0 radical (unpaired) electrons. The maximum absolute atomic E-state index is 12.4. The molecule has 2 saturated heterocycles. The van der Waals surface area contributed by atoms with Crippen molar-refractivity contribution < 1.29 is 4.55 Å². The van der Waals surface area contributed by atoms with Crippen molar-refractivity contribution in [1.82, 2.24) is 34.3 Å². The standard InChI is InChI=1S/C24H32N8OS/c1-17(19-5-10-30(11-6-19)16-18-14-27-23(25)28-15-18)31-12-7-20(8-13-31)32-22-21(4-3-9-26-22)29-24(32)34(2)33/h3-4,9,14-15,19-20H,1,5-8,10-13,16H2,2H3,(H2,25,27,28). The smallest absolute Gasteiger partial charge is 0.325 e. The fraction of sp³-hybridized carbons (Fsp3) is 0.500. The Morgan fingerprint density at radius 3 is 2.50 bits per heavy atom. The van der Waals surface area contributed by atoms with Gasteiger partial charge in [0.15, 0.2) is 5.65 Å². The van der Waals surface area contributed by atoms with E-state index in [0.717, 1.165) is 75.1 Å². The van der Waals surface area contributed by atoms with Crippen LogP contribution in [0.4, 0.5) is 5.95 Å². The highest BCUT2D eigenvalue weighted by Gasteiger charge is 2.31. The molecule has 0 spiro atoms. The number of rotatable bonds is 6. The molecule has 0 saturated carbocycles. The van der Waals surface area contributed by atoms with Crippen LogP contribution in [0.25, 0.3) is 11.2 Å². The fourth-order valence-electron chi connectivity index (χ4n) is 5.24. The van der Waals surface area contributed by atoms with Crippen molar-refractivity contribution in [3.05, 3.63) is 48.6 Å². The van der Waals surface area contributed by atoms with E-state index >= 15 is 0 Å². The minimum Gasteiger partial charge on any atom is -0.609 e. The van der Waals surface area contributed by atoms with Crippen LogP contribution in [0.2, 0.25) is 0 Å². The average Bonchev–Trinajstić information content (AvgIpc) is 3.26. The third-order valence-electron chi connectivity index (χ3n) is 7.10. The number of pyridine rings is 1. The molecule has 5 rings (SSSR count). The van der Waals surface area contributed by atoms with Crippen LogP contribution in [0.5, 0.6) is 0 Å². The van der Waals surface area contributed by atoms with Crippen molar-refractivity contribution in [2.45, 2.75) is 43.4 Å². The van der Waals surface area contributed by atoms with Gasteiger partial charge in [0.2, 0.25) is 5.95 Å². The molecule has 2 aliphatic rings. The molecule has 1 atom stereocenters. The Balaban J connectivity index is 1.17. The van der Waals surface area contributed by atoms with Gasteiger partial charge in [-0.25, -0.2) is 15.0 Å². The van der Waals surface area contributed by atoms with Crippen LogP contribution < -0.4 is 5.73 Å². The van der Waals surface area contributed by atoms with E-state index in [-0.39, 0.29) is 6.04 Å². The molecule has 3 aromatic heterocycles. The molecule has 2 aliphatic heterocycles. The van der Waals surface area contributed by atoms with E-state index < -0.39 is 11.2 Å². The van der Waals surface area contributed by atoms with Crippen LogP contribution in [0, 0.1) is 5.92 Å². The molecule has 2 N–H and O–H groups in total. The van der Waals surface area contributed by atoms with Gasteiger partial charge in [-0.1, -0.05) is 6.58 Å². The highest BCUT2D eigenvalue weighted by molar-refractivity contribution is 7.90. The Kier molecular flexibility index (Phi) is 6.71. The summed E-state index contributed by atoms with van der Waals surface area (Å²) in [5.41, 5.74) is 9.61. The summed E-state index contributed by atoms with van der Waals surface area (Å²) in [6.45, 7) is 9.35. The predicted molar refractivity (Wildman–Crippen MR) is 133 cm³/mol. The summed E-state index contributed by atoms with van der Waals surface area (Å²) in [6, 6.07) is 4.08. The molecule has 34 heavy (non-hydrogen) atoms. The zero-order chi connectivity index (χ0) is 23.7. The second-order valence-corrected chi connectivity index (χ2v) is 10.5. The largest absolute Gasteiger partial charge is 0.609 e. The van der Waals surface area contributed by atoms with Crippen LogP contribution in [0.15, 0.2) is 48.2 Å². The van der Waals surface area contributed by atoms with Crippen LogP contribution >= 0.6 is 0 Å². The van der Waals surface area contributed by atoms with E-state index in [0.29, 0.717) is 17.0 Å². The van der Waals surface area contributed by atoms with Crippen LogP contribution in [0.3, 0.4) is 0 Å². The topological polar surface area (TPSA) is 112 Å². The molecular formula is C24H32N8OS. The first kappa shape index (κ1) is 23.1. The molecule has 2 fully saturated rings. The predicted octanol–water partition coefficient (Wildman–Crippen LogP) is 2.60. The monoisotopic (exact) mass is 480 g/mol. The lowest BCUT2D eigenvalue weighted by Crippen LogP contribution is -2.40. The van der Waals surface area contributed by atoms with Gasteiger partial charge in [-0.15, -0.1) is 0 Å². The van der Waals surface area contributed by atoms with E-state index in [9.17, 15) is 4.55 Å². The highest BCUT2D eigenvalue weighted by atomic mass is 32.2. The van der Waals surface area contributed by atoms with Gasteiger partial charge in [-0.3, -0.25) is 9.47 Å². The first-order chi connectivity index (χ1) is 16.5. The molecule has 5 heterocycles. The van der Waals surface area contributed by atoms with E-state index in [1.54, 1.807) is 12.5 Å². The van der Waals surface area contributed by atoms with E-state index in [4.69, 9.17) is 5.73 Å². The Morgan fingerprint density at radius 1 is 1.12 bits per heavy atom. The minimum absolute atomic E-state index is 0.256.